The quantitative estimate of drug-likeness (QED) is 0.804. The van der Waals surface area contributed by atoms with Gasteiger partial charge in [0.2, 0.25) is 0 Å². The maximum atomic E-state index is 12.1. The minimum Gasteiger partial charge on any atom is -0.464 e. The highest BCUT2D eigenvalue weighted by atomic mass is 79.9. The number of nitrogens with zero attached hydrogens (tertiary/aromatic N) is 1. The van der Waals surface area contributed by atoms with Gasteiger partial charge in [-0.25, -0.2) is 9.59 Å². The molecule has 1 amide bonds. The molecule has 2 rings (SSSR count). The van der Waals surface area contributed by atoms with Crippen molar-refractivity contribution in [3.8, 4) is 0 Å². The molecule has 1 fully saturated rings. The van der Waals surface area contributed by atoms with Gasteiger partial charge < -0.3 is 19.4 Å². The highest BCUT2D eigenvalue weighted by Gasteiger charge is 2.40. The predicted molar refractivity (Wildman–Crippen MR) is 89.4 cm³/mol. The molecule has 1 N–H and O–H groups in total. The summed E-state index contributed by atoms with van der Waals surface area (Å²) < 4.78 is 12.8. The number of hydrogen-bond acceptors (Lipinski definition) is 4. The van der Waals surface area contributed by atoms with Gasteiger partial charge in [0.25, 0.3) is 0 Å². The molecule has 23 heavy (non-hydrogen) atoms. The minimum atomic E-state index is -0.539. The summed E-state index contributed by atoms with van der Waals surface area (Å²) in [5.74, 6) is -0.401. The van der Waals surface area contributed by atoms with Crippen LogP contribution in [0.3, 0.4) is 0 Å². The average molecular weight is 387 g/mol. The molecule has 0 saturated heterocycles. The second-order valence-electron chi connectivity index (χ2n) is 6.92. The van der Waals surface area contributed by atoms with Crippen LogP contribution in [-0.4, -0.2) is 34.9 Å². The molecule has 6 nitrogen and oxygen atoms in total. The molecule has 1 aliphatic rings. The number of hydrogen-bond donors (Lipinski definition) is 1. The Balaban J connectivity index is 2.13. The topological polar surface area (TPSA) is 69.6 Å². The van der Waals surface area contributed by atoms with Gasteiger partial charge in [0.05, 0.1) is 12.6 Å². The van der Waals surface area contributed by atoms with E-state index in [-0.39, 0.29) is 5.54 Å². The second kappa shape index (κ2) is 6.55. The molecule has 0 spiro atoms. The van der Waals surface area contributed by atoms with Crippen LogP contribution in [0, 0.1) is 0 Å². The van der Waals surface area contributed by atoms with Crippen LogP contribution in [0.25, 0.3) is 0 Å². The number of carbonyl (C=O) groups is 2. The minimum absolute atomic E-state index is 0.385. The molecule has 0 aliphatic heterocycles. The van der Waals surface area contributed by atoms with Gasteiger partial charge in [-0.15, -0.1) is 0 Å². The summed E-state index contributed by atoms with van der Waals surface area (Å²) in [6, 6.07) is 1.71. The summed E-state index contributed by atoms with van der Waals surface area (Å²) in [4.78, 5) is 24.0. The normalized spacial score (nSPS) is 16.4. The van der Waals surface area contributed by atoms with Gasteiger partial charge in [0, 0.05) is 17.2 Å². The third-order valence-electron chi connectivity index (χ3n) is 3.81. The molecule has 0 radical (unpaired) electrons. The van der Waals surface area contributed by atoms with Crippen LogP contribution in [0.15, 0.2) is 16.7 Å². The first-order valence-electron chi connectivity index (χ1n) is 7.59. The van der Waals surface area contributed by atoms with E-state index >= 15 is 0 Å². The number of halogens is 1. The number of nitrogens with one attached hydrogen (secondary N) is 1. The van der Waals surface area contributed by atoms with Crippen LogP contribution in [0.4, 0.5) is 4.79 Å². The zero-order valence-electron chi connectivity index (χ0n) is 13.9. The van der Waals surface area contributed by atoms with E-state index in [2.05, 4.69) is 21.2 Å². The number of ether oxygens (including phenoxy) is 2. The smallest absolute Gasteiger partial charge is 0.408 e. The van der Waals surface area contributed by atoms with Crippen LogP contribution >= 0.6 is 15.9 Å². The van der Waals surface area contributed by atoms with E-state index < -0.39 is 17.7 Å². The number of methoxy groups -OCH3 is 1. The number of alkyl carbamates (subject to hydrolysis) is 1. The molecular weight excluding hydrogens is 364 g/mol. The van der Waals surface area contributed by atoms with E-state index in [0.29, 0.717) is 12.2 Å². The lowest BCUT2D eigenvalue weighted by Crippen LogP contribution is -2.57. The van der Waals surface area contributed by atoms with Crippen molar-refractivity contribution in [3.63, 3.8) is 0 Å². The highest BCUT2D eigenvalue weighted by molar-refractivity contribution is 9.10. The zero-order chi connectivity index (χ0) is 17.3. The Bertz CT molecular complexity index is 600. The maximum absolute atomic E-state index is 12.1. The van der Waals surface area contributed by atoms with Crippen molar-refractivity contribution in [2.24, 2.45) is 0 Å². The van der Waals surface area contributed by atoms with E-state index in [1.54, 1.807) is 6.07 Å². The van der Waals surface area contributed by atoms with Gasteiger partial charge in [0.15, 0.2) is 0 Å². The molecule has 1 saturated carbocycles. The van der Waals surface area contributed by atoms with E-state index in [1.807, 2.05) is 31.5 Å². The van der Waals surface area contributed by atoms with Crippen LogP contribution in [0.1, 0.15) is 50.5 Å². The van der Waals surface area contributed by atoms with E-state index in [1.165, 1.54) is 7.11 Å². The van der Waals surface area contributed by atoms with Crippen molar-refractivity contribution < 1.29 is 19.1 Å². The second-order valence-corrected chi connectivity index (χ2v) is 7.84. The number of rotatable bonds is 4. The Hall–Kier alpha value is -1.50. The van der Waals surface area contributed by atoms with Crippen LogP contribution < -0.4 is 5.32 Å². The lowest BCUT2D eigenvalue weighted by molar-refractivity contribution is 0.0355. The van der Waals surface area contributed by atoms with Gasteiger partial charge in [-0.05, 0) is 62.0 Å². The fraction of sp³-hybridized carbons (Fsp3) is 0.625. The predicted octanol–water partition coefficient (Wildman–Crippen LogP) is 3.48. The average Bonchev–Trinajstić information content (AvgIpc) is 2.73. The van der Waals surface area contributed by atoms with E-state index in [0.717, 1.165) is 23.7 Å². The summed E-state index contributed by atoms with van der Waals surface area (Å²) in [6.45, 7) is 6.00. The Kier molecular flexibility index (Phi) is 5.08. The van der Waals surface area contributed by atoms with Crippen molar-refractivity contribution in [3.05, 3.63) is 22.4 Å². The van der Waals surface area contributed by atoms with E-state index in [4.69, 9.17) is 9.47 Å². The van der Waals surface area contributed by atoms with Gasteiger partial charge >= 0.3 is 12.1 Å². The largest absolute Gasteiger partial charge is 0.464 e. The van der Waals surface area contributed by atoms with Crippen LogP contribution in [0.2, 0.25) is 0 Å². The highest BCUT2D eigenvalue weighted by Crippen LogP contribution is 2.35. The van der Waals surface area contributed by atoms with Crippen LogP contribution in [-0.2, 0) is 16.0 Å². The number of amides is 1. The van der Waals surface area contributed by atoms with Crippen molar-refractivity contribution in [1.29, 1.82) is 0 Å². The fourth-order valence-corrected chi connectivity index (χ4v) is 3.12. The molecule has 7 heteroatoms. The molecule has 1 aromatic heterocycles. The van der Waals surface area contributed by atoms with Crippen molar-refractivity contribution in [2.75, 3.05) is 7.11 Å². The molecule has 0 bridgehead atoms. The Labute approximate surface area is 144 Å². The standard InChI is InChI=1S/C16H23BrN2O4/c1-15(2,3)23-14(21)18-16(6-5-7-16)10-19-9-11(17)8-12(19)13(20)22-4/h8-9H,5-7,10H2,1-4H3,(H,18,21). The first kappa shape index (κ1) is 17.8. The number of esters is 1. The first-order valence-corrected chi connectivity index (χ1v) is 8.39. The van der Waals surface area contributed by atoms with Crippen molar-refractivity contribution in [1.82, 2.24) is 9.88 Å². The molecule has 0 atom stereocenters. The van der Waals surface area contributed by atoms with Crippen molar-refractivity contribution in [2.45, 2.75) is 57.7 Å². The summed E-state index contributed by atoms with van der Waals surface area (Å²) in [6.07, 6.45) is 4.13. The summed E-state index contributed by atoms with van der Waals surface area (Å²) in [5, 5.41) is 2.98. The maximum Gasteiger partial charge on any atom is 0.408 e. The molecule has 128 valence electrons. The van der Waals surface area contributed by atoms with Gasteiger partial charge in [0.1, 0.15) is 11.3 Å². The summed E-state index contributed by atoms with van der Waals surface area (Å²) in [5.41, 5.74) is -0.469. The molecule has 0 aromatic carbocycles. The zero-order valence-corrected chi connectivity index (χ0v) is 15.5. The molecule has 0 unspecified atom stereocenters. The number of aromatic nitrogens is 1. The fourth-order valence-electron chi connectivity index (χ4n) is 2.65. The van der Waals surface area contributed by atoms with E-state index in [9.17, 15) is 9.59 Å². The molecule has 1 heterocycles. The third kappa shape index (κ3) is 4.50. The third-order valence-corrected chi connectivity index (χ3v) is 4.24. The number of carbonyl (C=O) groups excluding carboxylic acids is 2. The summed E-state index contributed by atoms with van der Waals surface area (Å²) in [7, 11) is 1.35. The van der Waals surface area contributed by atoms with Gasteiger partial charge in [-0.1, -0.05) is 0 Å². The van der Waals surface area contributed by atoms with Gasteiger partial charge in [-0.2, -0.15) is 0 Å². The SMILES string of the molecule is COC(=O)c1cc(Br)cn1CC1(NC(=O)OC(C)(C)C)CCC1. The lowest BCUT2D eigenvalue weighted by Gasteiger charge is -2.43. The Morgan fingerprint density at radius 1 is 1.39 bits per heavy atom. The Morgan fingerprint density at radius 2 is 2.04 bits per heavy atom. The molecular formula is C16H23BrN2O4. The Morgan fingerprint density at radius 3 is 2.52 bits per heavy atom. The molecule has 1 aromatic rings. The summed E-state index contributed by atoms with van der Waals surface area (Å²) >= 11 is 3.38. The first-order chi connectivity index (χ1) is 10.6. The monoisotopic (exact) mass is 386 g/mol. The lowest BCUT2D eigenvalue weighted by atomic mass is 9.76. The van der Waals surface area contributed by atoms with Gasteiger partial charge in [-0.3, -0.25) is 0 Å². The van der Waals surface area contributed by atoms with Crippen LogP contribution in [0.5, 0.6) is 0 Å². The van der Waals surface area contributed by atoms with Crippen molar-refractivity contribution >= 4 is 28.0 Å². The molecule has 1 aliphatic carbocycles.